The molecular weight excluding hydrogens is 321 g/mol. The highest BCUT2D eigenvalue weighted by Gasteiger charge is 2.25. The van der Waals surface area contributed by atoms with E-state index < -0.39 is 0 Å². The second-order valence-electron chi connectivity index (χ2n) is 5.69. The van der Waals surface area contributed by atoms with E-state index in [2.05, 4.69) is 27.8 Å². The fourth-order valence-corrected chi connectivity index (χ4v) is 3.69. The minimum absolute atomic E-state index is 0.262. The van der Waals surface area contributed by atoms with Gasteiger partial charge in [-0.05, 0) is 40.8 Å². The van der Waals surface area contributed by atoms with Gasteiger partial charge in [0.2, 0.25) is 5.95 Å². The van der Waals surface area contributed by atoms with Crippen molar-refractivity contribution in [2.24, 2.45) is 5.92 Å². The van der Waals surface area contributed by atoms with E-state index in [-0.39, 0.29) is 5.82 Å². The highest BCUT2D eigenvalue weighted by molar-refractivity contribution is 9.10. The zero-order valence-corrected chi connectivity index (χ0v) is 13.2. The van der Waals surface area contributed by atoms with Crippen molar-refractivity contribution in [2.75, 3.05) is 5.73 Å². The zero-order valence-electron chi connectivity index (χ0n) is 11.6. The van der Waals surface area contributed by atoms with Gasteiger partial charge in [-0.2, -0.15) is 0 Å². The van der Waals surface area contributed by atoms with Crippen LogP contribution >= 0.6 is 15.9 Å². The molecule has 0 aliphatic heterocycles. The molecule has 0 amide bonds. The third-order valence-electron chi connectivity index (χ3n) is 4.46. The Kier molecular flexibility index (Phi) is 3.71. The molecule has 108 valence electrons. The number of nitrogens with zero attached hydrogens (tertiary/aromatic N) is 2. The fraction of sp³-hybridized carbons (Fsp3) is 0.533. The van der Waals surface area contributed by atoms with Crippen LogP contribution in [0.3, 0.4) is 0 Å². The monoisotopic (exact) mass is 339 g/mol. The normalized spacial score (nSPS) is 23.4. The van der Waals surface area contributed by atoms with E-state index in [1.54, 1.807) is 12.1 Å². The van der Waals surface area contributed by atoms with E-state index >= 15 is 0 Å². The van der Waals surface area contributed by atoms with E-state index in [9.17, 15) is 4.39 Å². The maximum atomic E-state index is 13.8. The summed E-state index contributed by atoms with van der Waals surface area (Å²) in [5.41, 5.74) is 7.65. The number of imidazole rings is 1. The summed E-state index contributed by atoms with van der Waals surface area (Å²) >= 11 is 3.20. The van der Waals surface area contributed by atoms with E-state index in [0.29, 0.717) is 16.5 Å². The van der Waals surface area contributed by atoms with Crippen molar-refractivity contribution in [3.8, 4) is 0 Å². The lowest BCUT2D eigenvalue weighted by Crippen LogP contribution is -2.20. The van der Waals surface area contributed by atoms with Gasteiger partial charge >= 0.3 is 0 Å². The van der Waals surface area contributed by atoms with Crippen LogP contribution in [0.2, 0.25) is 0 Å². The number of fused-ring (bicyclic) bond motifs is 1. The first-order chi connectivity index (χ1) is 9.60. The van der Waals surface area contributed by atoms with Crippen LogP contribution in [0.5, 0.6) is 0 Å². The number of rotatable bonds is 2. The Hall–Kier alpha value is -1.10. The second-order valence-corrected chi connectivity index (χ2v) is 6.54. The smallest absolute Gasteiger partial charge is 0.201 e. The van der Waals surface area contributed by atoms with Gasteiger partial charge in [0, 0.05) is 12.1 Å². The van der Waals surface area contributed by atoms with Gasteiger partial charge in [-0.3, -0.25) is 0 Å². The average molecular weight is 340 g/mol. The lowest BCUT2D eigenvalue weighted by atomic mass is 9.84. The second kappa shape index (κ2) is 5.35. The number of nitrogen functional groups attached to an aromatic ring is 1. The summed E-state index contributed by atoms with van der Waals surface area (Å²) in [5.74, 6) is 0.978. The van der Waals surface area contributed by atoms with Crippen LogP contribution in [-0.2, 0) is 0 Å². The number of aromatic nitrogens is 2. The summed E-state index contributed by atoms with van der Waals surface area (Å²) in [6, 6.07) is 3.59. The van der Waals surface area contributed by atoms with Crippen LogP contribution < -0.4 is 5.73 Å². The van der Waals surface area contributed by atoms with Gasteiger partial charge in [-0.25, -0.2) is 9.37 Å². The summed E-state index contributed by atoms with van der Waals surface area (Å²) < 4.78 is 16.3. The molecule has 2 N–H and O–H groups in total. The third kappa shape index (κ3) is 2.32. The van der Waals surface area contributed by atoms with E-state index in [1.807, 2.05) is 4.57 Å². The molecule has 1 heterocycles. The van der Waals surface area contributed by atoms with E-state index in [0.717, 1.165) is 29.8 Å². The van der Waals surface area contributed by atoms with Gasteiger partial charge in [0.05, 0.1) is 15.5 Å². The maximum Gasteiger partial charge on any atom is 0.201 e. The number of halogens is 2. The van der Waals surface area contributed by atoms with Crippen LogP contribution in [-0.4, -0.2) is 9.55 Å². The molecule has 3 rings (SSSR count). The minimum Gasteiger partial charge on any atom is -0.369 e. The molecule has 3 nitrogen and oxygen atoms in total. The quantitative estimate of drug-likeness (QED) is 0.864. The molecule has 0 bridgehead atoms. The van der Waals surface area contributed by atoms with Crippen molar-refractivity contribution >= 4 is 32.9 Å². The number of anilines is 1. The Morgan fingerprint density at radius 3 is 3.00 bits per heavy atom. The fourth-order valence-electron chi connectivity index (χ4n) is 3.36. The van der Waals surface area contributed by atoms with Crippen LogP contribution in [0.15, 0.2) is 16.6 Å². The standard InChI is InChI=1S/C15H19BrFN3/c1-2-9-4-3-5-10(6-9)20-14-8-12(17)11(16)7-13(14)19-15(20)18/h7-10H,2-6H2,1H3,(H2,18,19). The Bertz CT molecular complexity index is 638. The molecule has 2 atom stereocenters. The van der Waals surface area contributed by atoms with E-state index in [1.165, 1.54) is 19.3 Å². The van der Waals surface area contributed by atoms with E-state index in [4.69, 9.17) is 5.73 Å². The van der Waals surface area contributed by atoms with Gasteiger partial charge < -0.3 is 10.3 Å². The first kappa shape index (κ1) is 13.9. The molecule has 1 aromatic heterocycles. The highest BCUT2D eigenvalue weighted by Crippen LogP contribution is 2.38. The lowest BCUT2D eigenvalue weighted by molar-refractivity contribution is 0.267. The molecule has 20 heavy (non-hydrogen) atoms. The molecule has 1 aromatic carbocycles. The molecule has 1 aliphatic carbocycles. The summed E-state index contributed by atoms with van der Waals surface area (Å²) in [4.78, 5) is 4.39. The molecule has 5 heteroatoms. The van der Waals surface area contributed by atoms with Gasteiger partial charge in [-0.1, -0.05) is 26.2 Å². The summed E-state index contributed by atoms with van der Waals surface area (Å²) in [7, 11) is 0. The minimum atomic E-state index is -0.262. The van der Waals surface area contributed by atoms with Gasteiger partial charge in [0.25, 0.3) is 0 Å². The first-order valence-corrected chi connectivity index (χ1v) is 8.02. The first-order valence-electron chi connectivity index (χ1n) is 7.22. The number of hydrogen-bond acceptors (Lipinski definition) is 2. The van der Waals surface area contributed by atoms with Crippen molar-refractivity contribution in [2.45, 2.75) is 45.1 Å². The van der Waals surface area contributed by atoms with Crippen molar-refractivity contribution in [1.29, 1.82) is 0 Å². The summed E-state index contributed by atoms with van der Waals surface area (Å²) in [6.07, 6.45) is 5.91. The molecule has 1 aliphatic rings. The average Bonchev–Trinajstić information content (AvgIpc) is 2.74. The van der Waals surface area contributed by atoms with Crippen LogP contribution in [0.4, 0.5) is 10.3 Å². The van der Waals surface area contributed by atoms with Crippen molar-refractivity contribution < 1.29 is 4.39 Å². The topological polar surface area (TPSA) is 43.8 Å². The Labute approximate surface area is 126 Å². The number of nitrogens with two attached hydrogens (primary N) is 1. The van der Waals surface area contributed by atoms with Crippen molar-refractivity contribution in [3.05, 3.63) is 22.4 Å². The lowest BCUT2D eigenvalue weighted by Gasteiger charge is -2.30. The highest BCUT2D eigenvalue weighted by atomic mass is 79.9. The molecule has 0 spiro atoms. The van der Waals surface area contributed by atoms with Crippen LogP contribution in [0.25, 0.3) is 11.0 Å². The molecule has 1 saturated carbocycles. The predicted octanol–water partition coefficient (Wildman–Crippen LogP) is 4.66. The predicted molar refractivity (Wildman–Crippen MR) is 83.1 cm³/mol. The molecule has 2 unspecified atom stereocenters. The van der Waals surface area contributed by atoms with Crippen LogP contribution in [0, 0.1) is 11.7 Å². The molecular formula is C15H19BrFN3. The summed E-state index contributed by atoms with van der Waals surface area (Å²) in [6.45, 7) is 2.24. The van der Waals surface area contributed by atoms with Gasteiger partial charge in [-0.15, -0.1) is 0 Å². The summed E-state index contributed by atoms with van der Waals surface area (Å²) in [5, 5.41) is 0. The Balaban J connectivity index is 2.06. The zero-order chi connectivity index (χ0) is 14.3. The van der Waals surface area contributed by atoms with Crippen molar-refractivity contribution in [1.82, 2.24) is 9.55 Å². The van der Waals surface area contributed by atoms with Crippen LogP contribution in [0.1, 0.15) is 45.1 Å². The van der Waals surface area contributed by atoms with Crippen molar-refractivity contribution in [3.63, 3.8) is 0 Å². The molecule has 0 saturated heterocycles. The SMILES string of the molecule is CCC1CCCC(n2c(N)nc3cc(Br)c(F)cc32)C1. The largest absolute Gasteiger partial charge is 0.369 e. The molecule has 0 radical (unpaired) electrons. The van der Waals surface area contributed by atoms with Gasteiger partial charge in [0.1, 0.15) is 5.82 Å². The number of benzene rings is 1. The number of hydrogen-bond donors (Lipinski definition) is 1. The third-order valence-corrected chi connectivity index (χ3v) is 5.06. The molecule has 2 aromatic rings. The Morgan fingerprint density at radius 2 is 2.25 bits per heavy atom. The van der Waals surface area contributed by atoms with Gasteiger partial charge in [0.15, 0.2) is 0 Å². The molecule has 1 fully saturated rings. The maximum absolute atomic E-state index is 13.8. The Morgan fingerprint density at radius 1 is 1.45 bits per heavy atom.